The first kappa shape index (κ1) is 18.3. The van der Waals surface area contributed by atoms with Crippen LogP contribution in [0.5, 0.6) is 11.5 Å². The summed E-state index contributed by atoms with van der Waals surface area (Å²) in [4.78, 5) is 12.6. The minimum Gasteiger partial charge on any atom is -0.489 e. The van der Waals surface area contributed by atoms with Crippen LogP contribution >= 0.6 is 0 Å². The maximum Gasteiger partial charge on any atom is 0.251 e. The lowest BCUT2D eigenvalue weighted by molar-refractivity contribution is 0.0938. The quantitative estimate of drug-likeness (QED) is 0.875. The Morgan fingerprint density at radius 3 is 2.50 bits per heavy atom. The molecule has 1 N–H and O–H groups in total. The number of nitrogens with one attached hydrogen (secondary N) is 1. The summed E-state index contributed by atoms with van der Waals surface area (Å²) in [6.45, 7) is 7.40. The topological polar surface area (TPSA) is 47.6 Å². The molecule has 0 saturated heterocycles. The highest BCUT2D eigenvalue weighted by atomic mass is 16.5. The highest BCUT2D eigenvalue weighted by Crippen LogP contribution is 2.34. The van der Waals surface area contributed by atoms with Gasteiger partial charge >= 0.3 is 0 Å². The Labute approximate surface area is 155 Å². The fourth-order valence-electron chi connectivity index (χ4n) is 2.88. The molecule has 4 nitrogen and oxygen atoms in total. The van der Waals surface area contributed by atoms with Crippen molar-refractivity contribution in [2.45, 2.75) is 39.7 Å². The van der Waals surface area contributed by atoms with E-state index in [1.54, 1.807) is 12.1 Å². The molecule has 2 aromatic carbocycles. The van der Waals surface area contributed by atoms with Crippen molar-refractivity contribution in [3.63, 3.8) is 0 Å². The standard InChI is InChI=1S/C22H27NO3/c1-16(9-10-17-7-5-4-6-8-17)23-21(24)18-11-12-19-20(13-18)26-15-22(2,3)14-25-19/h4-8,11-13,16H,9-10,14-15H2,1-3H3,(H,23,24)/t16-/m1/s1. The van der Waals surface area contributed by atoms with Crippen LogP contribution in [0.25, 0.3) is 0 Å². The molecule has 2 aromatic rings. The van der Waals surface area contributed by atoms with Crippen LogP contribution in [0.15, 0.2) is 48.5 Å². The molecule has 1 aliphatic heterocycles. The van der Waals surface area contributed by atoms with Crippen LogP contribution in [0.3, 0.4) is 0 Å². The van der Waals surface area contributed by atoms with Crippen molar-refractivity contribution in [1.29, 1.82) is 0 Å². The van der Waals surface area contributed by atoms with Gasteiger partial charge in [-0.05, 0) is 43.5 Å². The van der Waals surface area contributed by atoms with E-state index in [4.69, 9.17) is 9.47 Å². The van der Waals surface area contributed by atoms with Crippen molar-refractivity contribution in [2.24, 2.45) is 5.41 Å². The summed E-state index contributed by atoms with van der Waals surface area (Å²) >= 11 is 0. The van der Waals surface area contributed by atoms with Crippen LogP contribution in [-0.2, 0) is 6.42 Å². The number of fused-ring (bicyclic) bond motifs is 1. The third kappa shape index (κ3) is 4.78. The minimum atomic E-state index is -0.0829. The zero-order chi connectivity index (χ0) is 18.6. The van der Waals surface area contributed by atoms with Gasteiger partial charge < -0.3 is 14.8 Å². The van der Waals surface area contributed by atoms with Crippen molar-refractivity contribution < 1.29 is 14.3 Å². The largest absolute Gasteiger partial charge is 0.489 e. The third-order valence-electron chi connectivity index (χ3n) is 4.53. The number of hydrogen-bond acceptors (Lipinski definition) is 3. The smallest absolute Gasteiger partial charge is 0.251 e. The fraction of sp³-hybridized carbons (Fsp3) is 0.409. The number of ether oxygens (including phenoxy) is 2. The molecule has 26 heavy (non-hydrogen) atoms. The van der Waals surface area contributed by atoms with E-state index in [0.717, 1.165) is 12.8 Å². The Morgan fingerprint density at radius 2 is 1.77 bits per heavy atom. The normalized spacial score (nSPS) is 16.4. The lowest BCUT2D eigenvalue weighted by Crippen LogP contribution is -2.32. The summed E-state index contributed by atoms with van der Waals surface area (Å²) in [5.74, 6) is 1.25. The van der Waals surface area contributed by atoms with Gasteiger partial charge in [-0.25, -0.2) is 0 Å². The van der Waals surface area contributed by atoms with Crippen LogP contribution in [0.2, 0.25) is 0 Å². The minimum absolute atomic E-state index is 0.0482. The number of carbonyl (C=O) groups is 1. The average Bonchev–Trinajstić information content (AvgIpc) is 2.79. The second-order valence-electron chi connectivity index (χ2n) is 7.80. The van der Waals surface area contributed by atoms with Gasteiger partial charge in [-0.15, -0.1) is 0 Å². The average molecular weight is 353 g/mol. The van der Waals surface area contributed by atoms with Gasteiger partial charge in [0.15, 0.2) is 11.5 Å². The van der Waals surface area contributed by atoms with E-state index in [2.05, 4.69) is 31.3 Å². The second kappa shape index (κ2) is 7.81. The number of benzene rings is 2. The lowest BCUT2D eigenvalue weighted by Gasteiger charge is -2.19. The van der Waals surface area contributed by atoms with Crippen molar-refractivity contribution in [3.8, 4) is 11.5 Å². The third-order valence-corrected chi connectivity index (χ3v) is 4.53. The molecule has 0 aliphatic carbocycles. The van der Waals surface area contributed by atoms with E-state index >= 15 is 0 Å². The molecule has 1 atom stereocenters. The van der Waals surface area contributed by atoms with Crippen LogP contribution in [-0.4, -0.2) is 25.2 Å². The van der Waals surface area contributed by atoms with Crippen LogP contribution in [0.1, 0.15) is 43.1 Å². The lowest BCUT2D eigenvalue weighted by atomic mass is 9.97. The first-order valence-corrected chi connectivity index (χ1v) is 9.17. The van der Waals surface area contributed by atoms with E-state index in [1.807, 2.05) is 31.2 Å². The SMILES string of the molecule is C[C@H](CCc1ccccc1)NC(=O)c1ccc2c(c1)OCC(C)(C)CO2. The number of aryl methyl sites for hydroxylation is 1. The van der Waals surface area contributed by atoms with Gasteiger partial charge in [0.1, 0.15) is 0 Å². The van der Waals surface area contributed by atoms with Crippen molar-refractivity contribution in [1.82, 2.24) is 5.32 Å². The molecule has 1 heterocycles. The van der Waals surface area contributed by atoms with E-state index in [0.29, 0.717) is 30.3 Å². The van der Waals surface area contributed by atoms with Crippen LogP contribution in [0, 0.1) is 5.41 Å². The first-order valence-electron chi connectivity index (χ1n) is 9.17. The molecule has 0 spiro atoms. The zero-order valence-corrected chi connectivity index (χ0v) is 15.7. The summed E-state index contributed by atoms with van der Waals surface area (Å²) < 4.78 is 11.7. The van der Waals surface area contributed by atoms with E-state index in [9.17, 15) is 4.79 Å². The molecule has 0 aromatic heterocycles. The molecule has 3 rings (SSSR count). The van der Waals surface area contributed by atoms with Gasteiger partial charge in [0, 0.05) is 17.0 Å². The number of carbonyl (C=O) groups excluding carboxylic acids is 1. The van der Waals surface area contributed by atoms with Crippen molar-refractivity contribution in [3.05, 3.63) is 59.7 Å². The Kier molecular flexibility index (Phi) is 5.50. The van der Waals surface area contributed by atoms with Gasteiger partial charge in [-0.3, -0.25) is 4.79 Å². The Bertz CT molecular complexity index is 755. The molecule has 0 bridgehead atoms. The highest BCUT2D eigenvalue weighted by Gasteiger charge is 2.25. The molecule has 0 unspecified atom stereocenters. The Hall–Kier alpha value is -2.49. The maximum atomic E-state index is 12.6. The summed E-state index contributed by atoms with van der Waals surface area (Å²) in [7, 11) is 0. The molecular weight excluding hydrogens is 326 g/mol. The predicted molar refractivity (Wildman–Crippen MR) is 103 cm³/mol. The monoisotopic (exact) mass is 353 g/mol. The summed E-state index contributed by atoms with van der Waals surface area (Å²) in [6.07, 6.45) is 1.84. The zero-order valence-electron chi connectivity index (χ0n) is 15.7. The molecule has 4 heteroatoms. The maximum absolute atomic E-state index is 12.6. The predicted octanol–water partition coefficient (Wildman–Crippen LogP) is 4.24. The molecule has 0 saturated carbocycles. The van der Waals surface area contributed by atoms with E-state index < -0.39 is 0 Å². The number of hydrogen-bond donors (Lipinski definition) is 1. The van der Waals surface area contributed by atoms with Crippen molar-refractivity contribution in [2.75, 3.05) is 13.2 Å². The van der Waals surface area contributed by atoms with Gasteiger partial charge in [0.2, 0.25) is 0 Å². The van der Waals surface area contributed by atoms with Crippen LogP contribution < -0.4 is 14.8 Å². The Morgan fingerprint density at radius 1 is 1.08 bits per heavy atom. The van der Waals surface area contributed by atoms with Gasteiger partial charge in [0.25, 0.3) is 5.91 Å². The molecule has 138 valence electrons. The van der Waals surface area contributed by atoms with Gasteiger partial charge in [-0.1, -0.05) is 44.2 Å². The number of rotatable bonds is 5. The Balaban J connectivity index is 1.59. The van der Waals surface area contributed by atoms with Gasteiger partial charge in [-0.2, -0.15) is 0 Å². The van der Waals surface area contributed by atoms with Crippen molar-refractivity contribution >= 4 is 5.91 Å². The van der Waals surface area contributed by atoms with Gasteiger partial charge in [0.05, 0.1) is 13.2 Å². The van der Waals surface area contributed by atoms with Crippen LogP contribution in [0.4, 0.5) is 0 Å². The molecular formula is C22H27NO3. The van der Waals surface area contributed by atoms with E-state index in [-0.39, 0.29) is 17.4 Å². The molecule has 1 amide bonds. The first-order chi connectivity index (χ1) is 12.4. The highest BCUT2D eigenvalue weighted by molar-refractivity contribution is 5.95. The summed E-state index contributed by atoms with van der Waals surface area (Å²) in [5.41, 5.74) is 1.83. The second-order valence-corrected chi connectivity index (χ2v) is 7.80. The van der Waals surface area contributed by atoms with E-state index in [1.165, 1.54) is 5.56 Å². The molecule has 0 fully saturated rings. The fourth-order valence-corrected chi connectivity index (χ4v) is 2.88. The molecule has 1 aliphatic rings. The molecule has 0 radical (unpaired) electrons. The number of amides is 1. The summed E-state index contributed by atoms with van der Waals surface area (Å²) in [6, 6.07) is 15.8. The summed E-state index contributed by atoms with van der Waals surface area (Å²) in [5, 5.41) is 3.07.